The highest BCUT2D eigenvalue weighted by molar-refractivity contribution is 14.1. The minimum Gasteiger partial charge on any atom is -0.378 e. The van der Waals surface area contributed by atoms with Gasteiger partial charge in [-0.2, -0.15) is 0 Å². The maximum Gasteiger partial charge on any atom is 0.0511 e. The van der Waals surface area contributed by atoms with Crippen molar-refractivity contribution in [3.63, 3.8) is 0 Å². The van der Waals surface area contributed by atoms with E-state index in [1.807, 2.05) is 0 Å². The molecule has 1 N–H and O–H groups in total. The summed E-state index contributed by atoms with van der Waals surface area (Å²) in [6.07, 6.45) is 1.08. The summed E-state index contributed by atoms with van der Waals surface area (Å²) in [6, 6.07) is 15.7. The molecule has 0 heterocycles. The SMILES string of the molecule is CCC(Nc1ccc(I)cc1C)c1ccc(C)cc1. The predicted octanol–water partition coefficient (Wildman–Crippen LogP) is 5.47. The van der Waals surface area contributed by atoms with E-state index in [9.17, 15) is 0 Å². The van der Waals surface area contributed by atoms with E-state index in [0.29, 0.717) is 6.04 Å². The van der Waals surface area contributed by atoms with Gasteiger partial charge in [-0.05, 0) is 72.2 Å². The van der Waals surface area contributed by atoms with Crippen LogP contribution in [0, 0.1) is 17.4 Å². The van der Waals surface area contributed by atoms with Crippen molar-refractivity contribution in [2.45, 2.75) is 33.2 Å². The molecule has 2 aromatic rings. The summed E-state index contributed by atoms with van der Waals surface area (Å²) in [6.45, 7) is 6.51. The third kappa shape index (κ3) is 3.72. The standard InChI is InChI=1S/C17H20IN/c1-4-16(14-7-5-12(2)6-8-14)19-17-10-9-15(18)11-13(17)3/h5-11,16,19H,4H2,1-3H3. The van der Waals surface area contributed by atoms with Crippen LogP contribution in [0.4, 0.5) is 5.69 Å². The first-order chi connectivity index (χ1) is 9.10. The first-order valence-electron chi connectivity index (χ1n) is 6.69. The average molecular weight is 365 g/mol. The molecule has 0 amide bonds. The summed E-state index contributed by atoms with van der Waals surface area (Å²) in [4.78, 5) is 0. The minimum atomic E-state index is 0.374. The molecule has 0 radical (unpaired) electrons. The van der Waals surface area contributed by atoms with Crippen LogP contribution in [-0.2, 0) is 0 Å². The Morgan fingerprint density at radius 1 is 1.05 bits per heavy atom. The van der Waals surface area contributed by atoms with Gasteiger partial charge in [-0.25, -0.2) is 0 Å². The van der Waals surface area contributed by atoms with E-state index < -0.39 is 0 Å². The molecular formula is C17H20IN. The van der Waals surface area contributed by atoms with E-state index in [1.165, 1.54) is 25.9 Å². The van der Waals surface area contributed by atoms with Gasteiger partial charge >= 0.3 is 0 Å². The number of nitrogens with one attached hydrogen (secondary N) is 1. The predicted molar refractivity (Wildman–Crippen MR) is 91.7 cm³/mol. The van der Waals surface area contributed by atoms with Gasteiger partial charge < -0.3 is 5.32 Å². The molecule has 0 saturated heterocycles. The largest absolute Gasteiger partial charge is 0.378 e. The highest BCUT2D eigenvalue weighted by Gasteiger charge is 2.10. The Morgan fingerprint density at radius 3 is 2.32 bits per heavy atom. The summed E-state index contributed by atoms with van der Waals surface area (Å²) >= 11 is 2.35. The summed E-state index contributed by atoms with van der Waals surface area (Å²) in [5, 5.41) is 3.66. The van der Waals surface area contributed by atoms with Crippen molar-refractivity contribution in [1.29, 1.82) is 0 Å². The van der Waals surface area contributed by atoms with Gasteiger partial charge in [0.25, 0.3) is 0 Å². The van der Waals surface area contributed by atoms with Crippen molar-refractivity contribution < 1.29 is 0 Å². The Kier molecular flexibility index (Phi) is 4.86. The number of rotatable bonds is 4. The van der Waals surface area contributed by atoms with E-state index in [4.69, 9.17) is 0 Å². The molecule has 1 unspecified atom stereocenters. The molecular weight excluding hydrogens is 345 g/mol. The number of hydrogen-bond donors (Lipinski definition) is 1. The summed E-state index contributed by atoms with van der Waals surface area (Å²) in [5.41, 5.74) is 5.19. The maximum atomic E-state index is 3.66. The van der Waals surface area contributed by atoms with Crippen molar-refractivity contribution in [2.24, 2.45) is 0 Å². The Labute approximate surface area is 129 Å². The van der Waals surface area contributed by atoms with Gasteiger partial charge in [-0.3, -0.25) is 0 Å². The Balaban J connectivity index is 2.21. The quantitative estimate of drug-likeness (QED) is 0.709. The number of hydrogen-bond acceptors (Lipinski definition) is 1. The lowest BCUT2D eigenvalue weighted by molar-refractivity contribution is 0.748. The van der Waals surface area contributed by atoms with Gasteiger partial charge in [-0.1, -0.05) is 36.8 Å². The van der Waals surface area contributed by atoms with Crippen molar-refractivity contribution in [3.8, 4) is 0 Å². The molecule has 2 heteroatoms. The lowest BCUT2D eigenvalue weighted by atomic mass is 10.0. The number of aryl methyl sites for hydroxylation is 2. The normalized spacial score (nSPS) is 12.2. The zero-order chi connectivity index (χ0) is 13.8. The zero-order valence-corrected chi connectivity index (χ0v) is 13.9. The van der Waals surface area contributed by atoms with Crippen LogP contribution >= 0.6 is 22.6 Å². The molecule has 0 aliphatic heterocycles. The number of benzene rings is 2. The van der Waals surface area contributed by atoms with Gasteiger partial charge in [0, 0.05) is 9.26 Å². The van der Waals surface area contributed by atoms with Crippen molar-refractivity contribution in [1.82, 2.24) is 0 Å². The lowest BCUT2D eigenvalue weighted by Crippen LogP contribution is -2.10. The van der Waals surface area contributed by atoms with Crippen molar-refractivity contribution in [3.05, 3.63) is 62.7 Å². The second kappa shape index (κ2) is 6.42. The molecule has 19 heavy (non-hydrogen) atoms. The second-order valence-electron chi connectivity index (χ2n) is 4.98. The molecule has 1 atom stereocenters. The fraction of sp³-hybridized carbons (Fsp3) is 0.294. The molecule has 2 aromatic carbocycles. The highest BCUT2D eigenvalue weighted by atomic mass is 127. The van der Waals surface area contributed by atoms with E-state index >= 15 is 0 Å². The minimum absolute atomic E-state index is 0.374. The van der Waals surface area contributed by atoms with Crippen molar-refractivity contribution >= 4 is 28.3 Å². The van der Waals surface area contributed by atoms with E-state index in [0.717, 1.165) is 6.42 Å². The monoisotopic (exact) mass is 365 g/mol. The zero-order valence-electron chi connectivity index (χ0n) is 11.7. The molecule has 0 aliphatic rings. The van der Waals surface area contributed by atoms with Gasteiger partial charge in [0.05, 0.1) is 6.04 Å². The van der Waals surface area contributed by atoms with Gasteiger partial charge in [0.2, 0.25) is 0 Å². The maximum absolute atomic E-state index is 3.66. The van der Waals surface area contributed by atoms with Crippen LogP contribution in [0.15, 0.2) is 42.5 Å². The summed E-state index contributed by atoms with van der Waals surface area (Å²) in [5.74, 6) is 0. The molecule has 2 rings (SSSR count). The van der Waals surface area contributed by atoms with Crippen LogP contribution in [-0.4, -0.2) is 0 Å². The molecule has 0 aliphatic carbocycles. The smallest absolute Gasteiger partial charge is 0.0511 e. The highest BCUT2D eigenvalue weighted by Crippen LogP contribution is 2.26. The van der Waals surface area contributed by atoms with Crippen LogP contribution in [0.25, 0.3) is 0 Å². The fourth-order valence-electron chi connectivity index (χ4n) is 2.20. The van der Waals surface area contributed by atoms with Crippen LogP contribution in [0.3, 0.4) is 0 Å². The summed E-state index contributed by atoms with van der Waals surface area (Å²) < 4.78 is 1.28. The van der Waals surface area contributed by atoms with E-state index in [-0.39, 0.29) is 0 Å². The first-order valence-corrected chi connectivity index (χ1v) is 7.77. The molecule has 0 saturated carbocycles. The third-order valence-electron chi connectivity index (χ3n) is 3.41. The first kappa shape index (κ1) is 14.4. The average Bonchev–Trinajstić information content (AvgIpc) is 2.39. The fourth-order valence-corrected chi connectivity index (χ4v) is 2.84. The number of halogens is 1. The van der Waals surface area contributed by atoms with Crippen LogP contribution in [0.2, 0.25) is 0 Å². The lowest BCUT2D eigenvalue weighted by Gasteiger charge is -2.20. The third-order valence-corrected chi connectivity index (χ3v) is 4.08. The summed E-state index contributed by atoms with van der Waals surface area (Å²) in [7, 11) is 0. The van der Waals surface area contributed by atoms with Crippen molar-refractivity contribution in [2.75, 3.05) is 5.32 Å². The van der Waals surface area contributed by atoms with E-state index in [2.05, 4.69) is 91.1 Å². The van der Waals surface area contributed by atoms with Gasteiger partial charge in [-0.15, -0.1) is 0 Å². The molecule has 0 aromatic heterocycles. The topological polar surface area (TPSA) is 12.0 Å². The Bertz CT molecular complexity index is 546. The van der Waals surface area contributed by atoms with E-state index in [1.54, 1.807) is 0 Å². The van der Waals surface area contributed by atoms with Crippen LogP contribution in [0.1, 0.15) is 36.1 Å². The molecule has 1 nitrogen and oxygen atoms in total. The van der Waals surface area contributed by atoms with Gasteiger partial charge in [0.1, 0.15) is 0 Å². The second-order valence-corrected chi connectivity index (χ2v) is 6.22. The van der Waals surface area contributed by atoms with Crippen LogP contribution < -0.4 is 5.32 Å². The Morgan fingerprint density at radius 2 is 1.74 bits per heavy atom. The van der Waals surface area contributed by atoms with Crippen LogP contribution in [0.5, 0.6) is 0 Å². The Hall–Kier alpha value is -1.03. The van der Waals surface area contributed by atoms with Gasteiger partial charge in [0.15, 0.2) is 0 Å². The molecule has 0 bridgehead atoms. The molecule has 0 fully saturated rings. The molecule has 100 valence electrons. The number of anilines is 1. The molecule has 0 spiro atoms.